The lowest BCUT2D eigenvalue weighted by molar-refractivity contribution is 0.599. The highest BCUT2D eigenvalue weighted by Gasteiger charge is 1.93. The molecule has 4 heteroatoms. The van der Waals surface area contributed by atoms with Crippen LogP contribution in [0.1, 0.15) is 90.9 Å². The standard InChI is InChI=1S/C17H37N3.BrH/c1-3-5-7-9-11-13-15-19-17(18)20-16-14-12-10-8-6-4-2;/h3-16H2,1-2H3,(H3,18,19,20);1H. The van der Waals surface area contributed by atoms with Crippen LogP contribution in [0, 0.1) is 0 Å². The number of rotatable bonds is 14. The number of unbranched alkanes of at least 4 members (excludes halogenated alkanes) is 10. The molecular weight excluding hydrogens is 326 g/mol. The van der Waals surface area contributed by atoms with E-state index in [-0.39, 0.29) is 17.0 Å². The molecule has 0 aromatic heterocycles. The summed E-state index contributed by atoms with van der Waals surface area (Å²) < 4.78 is 0. The molecule has 0 atom stereocenters. The highest BCUT2D eigenvalue weighted by Crippen LogP contribution is 2.05. The largest absolute Gasteiger partial charge is 0.370 e. The van der Waals surface area contributed by atoms with Crippen molar-refractivity contribution < 1.29 is 0 Å². The van der Waals surface area contributed by atoms with E-state index in [9.17, 15) is 0 Å². The second-order valence-electron chi connectivity index (χ2n) is 5.73. The second kappa shape index (κ2) is 19.8. The Morgan fingerprint density at radius 3 is 1.81 bits per heavy atom. The molecule has 0 fully saturated rings. The zero-order chi connectivity index (χ0) is 14.9. The normalized spacial score (nSPS) is 11.2. The molecule has 0 unspecified atom stereocenters. The Hall–Kier alpha value is -0.250. The summed E-state index contributed by atoms with van der Waals surface area (Å²) in [5.74, 6) is 0.632. The fourth-order valence-corrected chi connectivity index (χ4v) is 2.27. The van der Waals surface area contributed by atoms with E-state index in [1.54, 1.807) is 0 Å². The maximum atomic E-state index is 5.84. The van der Waals surface area contributed by atoms with E-state index >= 15 is 0 Å². The number of guanidine groups is 1. The lowest BCUT2D eigenvalue weighted by Gasteiger charge is -2.05. The fourth-order valence-electron chi connectivity index (χ4n) is 2.27. The molecule has 0 amide bonds. The Morgan fingerprint density at radius 1 is 0.762 bits per heavy atom. The maximum absolute atomic E-state index is 5.84. The number of halogens is 1. The maximum Gasteiger partial charge on any atom is 0.188 e. The Balaban J connectivity index is 0. The third-order valence-corrected chi connectivity index (χ3v) is 3.63. The summed E-state index contributed by atoms with van der Waals surface area (Å²) in [5, 5.41) is 3.21. The molecule has 21 heavy (non-hydrogen) atoms. The van der Waals surface area contributed by atoms with Crippen molar-refractivity contribution in [2.75, 3.05) is 13.1 Å². The van der Waals surface area contributed by atoms with Gasteiger partial charge < -0.3 is 11.1 Å². The summed E-state index contributed by atoms with van der Waals surface area (Å²) in [6.07, 6.45) is 15.8. The van der Waals surface area contributed by atoms with Crippen LogP contribution in [0.15, 0.2) is 4.99 Å². The van der Waals surface area contributed by atoms with Crippen LogP contribution in [0.25, 0.3) is 0 Å². The molecule has 0 heterocycles. The van der Waals surface area contributed by atoms with E-state index in [1.807, 2.05) is 0 Å². The molecule has 0 aliphatic rings. The summed E-state index contributed by atoms with van der Waals surface area (Å²) in [5.41, 5.74) is 5.84. The fraction of sp³-hybridized carbons (Fsp3) is 0.941. The van der Waals surface area contributed by atoms with E-state index in [2.05, 4.69) is 24.2 Å². The van der Waals surface area contributed by atoms with E-state index < -0.39 is 0 Å². The summed E-state index contributed by atoms with van der Waals surface area (Å²) in [4.78, 5) is 4.37. The molecule has 0 aromatic rings. The molecule has 128 valence electrons. The van der Waals surface area contributed by atoms with E-state index in [4.69, 9.17) is 5.73 Å². The molecule has 0 saturated carbocycles. The van der Waals surface area contributed by atoms with Crippen molar-refractivity contribution in [3.63, 3.8) is 0 Å². The molecular formula is C17H38BrN3. The van der Waals surface area contributed by atoms with Crippen LogP contribution >= 0.6 is 17.0 Å². The highest BCUT2D eigenvalue weighted by molar-refractivity contribution is 8.93. The van der Waals surface area contributed by atoms with Crippen LogP contribution in [0.5, 0.6) is 0 Å². The first-order valence-electron chi connectivity index (χ1n) is 8.85. The minimum absolute atomic E-state index is 0. The first-order valence-corrected chi connectivity index (χ1v) is 8.85. The predicted molar refractivity (Wildman–Crippen MR) is 102 cm³/mol. The van der Waals surface area contributed by atoms with Gasteiger partial charge >= 0.3 is 0 Å². The van der Waals surface area contributed by atoms with Gasteiger partial charge in [0.15, 0.2) is 5.96 Å². The minimum atomic E-state index is 0. The van der Waals surface area contributed by atoms with Crippen molar-refractivity contribution in [1.82, 2.24) is 5.32 Å². The van der Waals surface area contributed by atoms with Crippen LogP contribution in [-0.4, -0.2) is 19.0 Å². The van der Waals surface area contributed by atoms with E-state index in [0.29, 0.717) is 5.96 Å². The molecule has 0 aliphatic heterocycles. The predicted octanol–water partition coefficient (Wildman–Crippen LogP) is 5.19. The lowest BCUT2D eigenvalue weighted by atomic mass is 10.1. The van der Waals surface area contributed by atoms with E-state index in [0.717, 1.165) is 13.1 Å². The highest BCUT2D eigenvalue weighted by atomic mass is 79.9. The average molecular weight is 364 g/mol. The molecule has 0 bridgehead atoms. The molecule has 0 rings (SSSR count). The Labute approximate surface area is 143 Å². The Morgan fingerprint density at radius 2 is 1.24 bits per heavy atom. The van der Waals surface area contributed by atoms with Gasteiger partial charge in [-0.05, 0) is 12.8 Å². The van der Waals surface area contributed by atoms with Crippen molar-refractivity contribution in [3.8, 4) is 0 Å². The van der Waals surface area contributed by atoms with Gasteiger partial charge in [-0.15, -0.1) is 17.0 Å². The van der Waals surface area contributed by atoms with Crippen LogP contribution in [-0.2, 0) is 0 Å². The first-order chi connectivity index (χ1) is 9.81. The molecule has 0 spiro atoms. The number of nitrogens with two attached hydrogens (primary N) is 1. The Bertz CT molecular complexity index is 220. The quantitative estimate of drug-likeness (QED) is 0.253. The van der Waals surface area contributed by atoms with Gasteiger partial charge in [-0.3, -0.25) is 4.99 Å². The van der Waals surface area contributed by atoms with Crippen molar-refractivity contribution >= 4 is 22.9 Å². The topological polar surface area (TPSA) is 50.4 Å². The molecule has 3 nitrogen and oxygen atoms in total. The van der Waals surface area contributed by atoms with E-state index in [1.165, 1.54) is 77.0 Å². The molecule has 0 radical (unpaired) electrons. The van der Waals surface area contributed by atoms with Gasteiger partial charge in [0.1, 0.15) is 0 Å². The number of aliphatic imine (C=N–C) groups is 1. The van der Waals surface area contributed by atoms with Gasteiger partial charge in [0.05, 0.1) is 0 Å². The molecule has 0 saturated heterocycles. The van der Waals surface area contributed by atoms with Gasteiger partial charge in [0.2, 0.25) is 0 Å². The average Bonchev–Trinajstić information content (AvgIpc) is 2.45. The number of hydrogen-bond acceptors (Lipinski definition) is 1. The van der Waals surface area contributed by atoms with Gasteiger partial charge in [0.25, 0.3) is 0 Å². The third kappa shape index (κ3) is 19.8. The SMILES string of the molecule is Br.CCCCCCCCN=C(N)NCCCCCCCC. The first kappa shape index (κ1) is 23.0. The third-order valence-electron chi connectivity index (χ3n) is 3.63. The molecule has 0 aliphatic carbocycles. The van der Waals surface area contributed by atoms with Crippen LogP contribution in [0.3, 0.4) is 0 Å². The zero-order valence-electron chi connectivity index (χ0n) is 14.3. The summed E-state index contributed by atoms with van der Waals surface area (Å²) in [7, 11) is 0. The van der Waals surface area contributed by atoms with Crippen molar-refractivity contribution in [2.24, 2.45) is 10.7 Å². The van der Waals surface area contributed by atoms with Crippen LogP contribution in [0.2, 0.25) is 0 Å². The summed E-state index contributed by atoms with van der Waals surface area (Å²) in [6.45, 7) is 6.35. The van der Waals surface area contributed by atoms with Crippen molar-refractivity contribution in [2.45, 2.75) is 90.9 Å². The Kier molecular flexibility index (Phi) is 21.7. The van der Waals surface area contributed by atoms with Crippen molar-refractivity contribution in [1.29, 1.82) is 0 Å². The molecule has 0 aromatic carbocycles. The zero-order valence-corrected chi connectivity index (χ0v) is 16.0. The summed E-state index contributed by atoms with van der Waals surface area (Å²) in [6, 6.07) is 0. The second-order valence-corrected chi connectivity index (χ2v) is 5.73. The van der Waals surface area contributed by atoms with Gasteiger partial charge in [-0.1, -0.05) is 78.1 Å². The number of nitrogens with one attached hydrogen (secondary N) is 1. The van der Waals surface area contributed by atoms with Gasteiger partial charge in [0, 0.05) is 13.1 Å². The number of nitrogens with zero attached hydrogens (tertiary/aromatic N) is 1. The summed E-state index contributed by atoms with van der Waals surface area (Å²) >= 11 is 0. The monoisotopic (exact) mass is 363 g/mol. The molecule has 3 N–H and O–H groups in total. The van der Waals surface area contributed by atoms with Crippen molar-refractivity contribution in [3.05, 3.63) is 0 Å². The van der Waals surface area contributed by atoms with Crippen LogP contribution in [0.4, 0.5) is 0 Å². The van der Waals surface area contributed by atoms with Crippen LogP contribution < -0.4 is 11.1 Å². The van der Waals surface area contributed by atoms with Gasteiger partial charge in [-0.2, -0.15) is 0 Å². The smallest absolute Gasteiger partial charge is 0.188 e. The lowest BCUT2D eigenvalue weighted by Crippen LogP contribution is -2.32. The number of hydrogen-bond donors (Lipinski definition) is 2. The minimum Gasteiger partial charge on any atom is -0.370 e. The van der Waals surface area contributed by atoms with Gasteiger partial charge in [-0.25, -0.2) is 0 Å².